The zero-order valence-electron chi connectivity index (χ0n) is 14.5. The van der Waals surface area contributed by atoms with Gasteiger partial charge in [0.1, 0.15) is 0 Å². The molecule has 4 heteroatoms. The number of benzene rings is 1. The lowest BCUT2D eigenvalue weighted by Crippen LogP contribution is -2.49. The van der Waals surface area contributed by atoms with Crippen LogP contribution in [-0.2, 0) is 11.2 Å². The van der Waals surface area contributed by atoms with Crippen molar-refractivity contribution in [3.8, 4) is 0 Å². The van der Waals surface area contributed by atoms with Crippen molar-refractivity contribution in [1.82, 2.24) is 10.2 Å². The van der Waals surface area contributed by atoms with Crippen LogP contribution in [0.25, 0.3) is 0 Å². The van der Waals surface area contributed by atoms with Crippen molar-refractivity contribution in [1.29, 1.82) is 0 Å². The summed E-state index contributed by atoms with van der Waals surface area (Å²) in [6.07, 6.45) is 8.21. The molecule has 1 heterocycles. The molecule has 4 nitrogen and oxygen atoms in total. The molecule has 1 saturated heterocycles. The quantitative estimate of drug-likeness (QED) is 0.872. The fraction of sp³-hybridized carbons (Fsp3) is 0.650. The zero-order chi connectivity index (χ0) is 16.8. The van der Waals surface area contributed by atoms with Crippen molar-refractivity contribution in [3.05, 3.63) is 35.9 Å². The highest BCUT2D eigenvalue weighted by Gasteiger charge is 2.33. The van der Waals surface area contributed by atoms with Gasteiger partial charge in [0.2, 0.25) is 5.91 Å². The molecular formula is C20H30N2O2. The summed E-state index contributed by atoms with van der Waals surface area (Å²) in [5.41, 5.74) is 0.557. The van der Waals surface area contributed by atoms with E-state index in [0.29, 0.717) is 19.0 Å². The van der Waals surface area contributed by atoms with Crippen LogP contribution in [0.1, 0.15) is 50.5 Å². The third-order valence-electron chi connectivity index (χ3n) is 5.50. The Labute approximate surface area is 145 Å². The van der Waals surface area contributed by atoms with E-state index in [9.17, 15) is 9.90 Å². The molecule has 1 aromatic carbocycles. The molecule has 0 unspecified atom stereocenters. The summed E-state index contributed by atoms with van der Waals surface area (Å²) < 4.78 is 0. The van der Waals surface area contributed by atoms with Gasteiger partial charge in [0.05, 0.1) is 12.1 Å². The molecule has 0 bridgehead atoms. The molecule has 2 aliphatic rings. The van der Waals surface area contributed by atoms with Crippen molar-refractivity contribution < 1.29 is 9.90 Å². The number of hydrogen-bond donors (Lipinski definition) is 2. The Balaban J connectivity index is 1.42. The molecule has 0 radical (unpaired) electrons. The molecular weight excluding hydrogens is 300 g/mol. The summed E-state index contributed by atoms with van der Waals surface area (Å²) in [6, 6.07) is 10.6. The first-order chi connectivity index (χ1) is 11.6. The molecule has 24 heavy (non-hydrogen) atoms. The number of carbonyl (C=O) groups is 1. The van der Waals surface area contributed by atoms with Crippen LogP contribution in [0, 0.1) is 0 Å². The van der Waals surface area contributed by atoms with Gasteiger partial charge in [-0.05, 0) is 31.2 Å². The van der Waals surface area contributed by atoms with Gasteiger partial charge in [-0.15, -0.1) is 0 Å². The molecule has 1 aliphatic carbocycles. The van der Waals surface area contributed by atoms with Gasteiger partial charge in [-0.1, -0.05) is 49.6 Å². The van der Waals surface area contributed by atoms with Crippen LogP contribution in [0.5, 0.6) is 0 Å². The number of piperidine rings is 1. The topological polar surface area (TPSA) is 52.6 Å². The predicted molar refractivity (Wildman–Crippen MR) is 95.8 cm³/mol. The Kier molecular flexibility index (Phi) is 5.90. The zero-order valence-corrected chi connectivity index (χ0v) is 14.5. The molecule has 0 aromatic heterocycles. The van der Waals surface area contributed by atoms with Crippen molar-refractivity contribution in [2.75, 3.05) is 19.6 Å². The molecule has 1 aromatic rings. The van der Waals surface area contributed by atoms with Gasteiger partial charge >= 0.3 is 0 Å². The van der Waals surface area contributed by atoms with E-state index < -0.39 is 5.60 Å². The number of nitrogens with one attached hydrogen (secondary N) is 1. The highest BCUT2D eigenvalue weighted by Crippen LogP contribution is 2.26. The molecule has 2 fully saturated rings. The van der Waals surface area contributed by atoms with Crippen LogP contribution in [0.3, 0.4) is 0 Å². The van der Waals surface area contributed by atoms with Crippen molar-refractivity contribution in [3.63, 3.8) is 0 Å². The lowest BCUT2D eigenvalue weighted by atomic mass is 9.85. The standard InChI is InChI=1S/C20H30N2O2/c23-19(21-18-9-5-2-6-10-18)16-22-13-11-20(24,12-14-22)15-17-7-3-1-4-8-17/h1,3-4,7-8,18,24H,2,5-6,9-16H2,(H,21,23). The number of aliphatic hydroxyl groups is 1. The Morgan fingerprint density at radius 2 is 1.79 bits per heavy atom. The van der Waals surface area contributed by atoms with Crippen LogP contribution >= 0.6 is 0 Å². The molecule has 3 rings (SSSR count). The molecule has 2 N–H and O–H groups in total. The summed E-state index contributed by atoms with van der Waals surface area (Å²) in [5, 5.41) is 14.0. The minimum absolute atomic E-state index is 0.149. The number of nitrogens with zero attached hydrogens (tertiary/aromatic N) is 1. The van der Waals surface area contributed by atoms with Crippen molar-refractivity contribution in [2.45, 2.75) is 63.0 Å². The minimum atomic E-state index is -0.627. The molecule has 132 valence electrons. The Hall–Kier alpha value is -1.39. The number of rotatable bonds is 5. The molecule has 1 amide bonds. The minimum Gasteiger partial charge on any atom is -0.389 e. The second-order valence-electron chi connectivity index (χ2n) is 7.57. The number of hydrogen-bond acceptors (Lipinski definition) is 3. The maximum absolute atomic E-state index is 12.2. The number of amides is 1. The Bertz CT molecular complexity index is 518. The van der Waals surface area contributed by atoms with Crippen LogP contribution in [0.4, 0.5) is 0 Å². The maximum Gasteiger partial charge on any atom is 0.234 e. The van der Waals surface area contributed by atoms with Crippen LogP contribution < -0.4 is 5.32 Å². The van der Waals surface area contributed by atoms with E-state index >= 15 is 0 Å². The summed E-state index contributed by atoms with van der Waals surface area (Å²) in [5.74, 6) is 0.149. The summed E-state index contributed by atoms with van der Waals surface area (Å²) in [6.45, 7) is 2.06. The summed E-state index contributed by atoms with van der Waals surface area (Å²) in [7, 11) is 0. The van der Waals surface area contributed by atoms with E-state index in [1.54, 1.807) is 0 Å². The Morgan fingerprint density at radius 3 is 2.46 bits per heavy atom. The maximum atomic E-state index is 12.2. The number of likely N-dealkylation sites (tertiary alicyclic amines) is 1. The van der Waals surface area contributed by atoms with Crippen LogP contribution in [-0.4, -0.2) is 47.2 Å². The first-order valence-electron chi connectivity index (χ1n) is 9.41. The average Bonchev–Trinajstić information content (AvgIpc) is 2.59. The molecule has 0 spiro atoms. The van der Waals surface area contributed by atoms with Gasteiger partial charge < -0.3 is 10.4 Å². The summed E-state index contributed by atoms with van der Waals surface area (Å²) in [4.78, 5) is 14.4. The second-order valence-corrected chi connectivity index (χ2v) is 7.57. The van der Waals surface area contributed by atoms with Gasteiger partial charge in [0, 0.05) is 25.6 Å². The predicted octanol–water partition coefficient (Wildman–Crippen LogP) is 2.50. The van der Waals surface area contributed by atoms with Gasteiger partial charge in [-0.2, -0.15) is 0 Å². The largest absolute Gasteiger partial charge is 0.389 e. The van der Waals surface area contributed by atoms with E-state index in [0.717, 1.165) is 38.8 Å². The molecule has 1 saturated carbocycles. The smallest absolute Gasteiger partial charge is 0.234 e. The summed E-state index contributed by atoms with van der Waals surface area (Å²) >= 11 is 0. The van der Waals surface area contributed by atoms with E-state index in [2.05, 4.69) is 22.3 Å². The van der Waals surface area contributed by atoms with Crippen LogP contribution in [0.15, 0.2) is 30.3 Å². The van der Waals surface area contributed by atoms with Gasteiger partial charge in [0.25, 0.3) is 0 Å². The first kappa shape index (κ1) is 17.4. The van der Waals surface area contributed by atoms with E-state index in [4.69, 9.17) is 0 Å². The van der Waals surface area contributed by atoms with E-state index in [1.807, 2.05) is 18.2 Å². The average molecular weight is 330 g/mol. The fourth-order valence-electron chi connectivity index (χ4n) is 4.00. The van der Waals surface area contributed by atoms with Crippen molar-refractivity contribution in [2.24, 2.45) is 0 Å². The van der Waals surface area contributed by atoms with E-state index in [1.165, 1.54) is 24.8 Å². The van der Waals surface area contributed by atoms with Gasteiger partial charge in [0.15, 0.2) is 0 Å². The second kappa shape index (κ2) is 8.13. The lowest BCUT2D eigenvalue weighted by Gasteiger charge is -2.38. The fourth-order valence-corrected chi connectivity index (χ4v) is 4.00. The molecule has 1 aliphatic heterocycles. The monoisotopic (exact) mass is 330 g/mol. The first-order valence-corrected chi connectivity index (χ1v) is 9.41. The van der Waals surface area contributed by atoms with E-state index in [-0.39, 0.29) is 5.91 Å². The third kappa shape index (κ3) is 5.05. The number of carbonyl (C=O) groups excluding carboxylic acids is 1. The third-order valence-corrected chi connectivity index (χ3v) is 5.50. The van der Waals surface area contributed by atoms with Gasteiger partial charge in [-0.3, -0.25) is 9.69 Å². The Morgan fingerprint density at radius 1 is 1.12 bits per heavy atom. The van der Waals surface area contributed by atoms with Crippen molar-refractivity contribution >= 4 is 5.91 Å². The lowest BCUT2D eigenvalue weighted by molar-refractivity contribution is -0.124. The highest BCUT2D eigenvalue weighted by molar-refractivity contribution is 5.78. The highest BCUT2D eigenvalue weighted by atomic mass is 16.3. The van der Waals surface area contributed by atoms with Crippen LogP contribution in [0.2, 0.25) is 0 Å². The molecule has 0 atom stereocenters. The van der Waals surface area contributed by atoms with Gasteiger partial charge in [-0.25, -0.2) is 0 Å². The normalized spacial score (nSPS) is 22.2. The SMILES string of the molecule is O=C(CN1CCC(O)(Cc2ccccc2)CC1)NC1CCCCC1.